The number of hydrogen-bond acceptors (Lipinski definition) is 4. The number of nitrogens with zero attached hydrogens (tertiary/aromatic N) is 1. The Morgan fingerprint density at radius 3 is 2.68 bits per heavy atom. The molecule has 0 aromatic heterocycles. The number of nitrogens with one attached hydrogen (secondary N) is 1. The lowest BCUT2D eigenvalue weighted by molar-refractivity contribution is -0.124. The van der Waals surface area contributed by atoms with Crippen LogP contribution in [0.25, 0.3) is 0 Å². The smallest absolute Gasteiger partial charge is 0.222 e. The number of nitrogens with two attached hydrogens (primary N) is 1. The molecule has 0 aliphatic carbocycles. The van der Waals surface area contributed by atoms with Gasteiger partial charge in [-0.3, -0.25) is 4.79 Å². The molecule has 0 saturated carbocycles. The van der Waals surface area contributed by atoms with Crippen molar-refractivity contribution in [1.82, 2.24) is 10.2 Å². The Kier molecular flexibility index (Phi) is 8.02. The number of ether oxygens (including phenoxy) is 1. The van der Waals surface area contributed by atoms with Gasteiger partial charge in [-0.15, -0.1) is 0 Å². The van der Waals surface area contributed by atoms with Gasteiger partial charge in [0.1, 0.15) is 0 Å². The molecule has 1 heterocycles. The Hall–Kier alpha value is -0.650. The van der Waals surface area contributed by atoms with Crippen molar-refractivity contribution in [1.29, 1.82) is 0 Å². The molecule has 5 heteroatoms. The van der Waals surface area contributed by atoms with Gasteiger partial charge in [0.2, 0.25) is 5.91 Å². The van der Waals surface area contributed by atoms with E-state index in [1.54, 1.807) is 7.11 Å². The fourth-order valence-electron chi connectivity index (χ4n) is 2.44. The predicted molar refractivity (Wildman–Crippen MR) is 77.0 cm³/mol. The third kappa shape index (κ3) is 6.36. The number of methoxy groups -OCH3 is 1. The van der Waals surface area contributed by atoms with Crippen molar-refractivity contribution < 1.29 is 9.53 Å². The van der Waals surface area contributed by atoms with Crippen molar-refractivity contribution in [2.45, 2.75) is 51.2 Å². The van der Waals surface area contributed by atoms with Crippen LogP contribution in [0.5, 0.6) is 0 Å². The summed E-state index contributed by atoms with van der Waals surface area (Å²) in [4.78, 5) is 14.3. The molecule has 1 saturated heterocycles. The molecule has 19 heavy (non-hydrogen) atoms. The van der Waals surface area contributed by atoms with Gasteiger partial charge in [0.15, 0.2) is 0 Å². The van der Waals surface area contributed by atoms with Crippen LogP contribution in [-0.2, 0) is 9.53 Å². The molecule has 0 radical (unpaired) electrons. The first-order valence-corrected chi connectivity index (χ1v) is 7.44. The van der Waals surface area contributed by atoms with Gasteiger partial charge in [0.25, 0.3) is 0 Å². The third-order valence-electron chi connectivity index (χ3n) is 3.79. The minimum absolute atomic E-state index is 0.0595. The standard InChI is InChI=1S/C14H29N3O2/c1-3-4-7-17-8-5-12(6-9-17)16-14(18)10-13(11-15)19-2/h12-13H,3-11,15H2,1-2H3,(H,16,18). The predicted octanol–water partition coefficient (Wildman–Crippen LogP) is 0.731. The SMILES string of the molecule is CCCCN1CCC(NC(=O)CC(CN)OC)CC1. The van der Waals surface area contributed by atoms with Gasteiger partial charge in [-0.2, -0.15) is 0 Å². The van der Waals surface area contributed by atoms with Gasteiger partial charge in [0, 0.05) is 32.8 Å². The molecule has 0 aromatic carbocycles. The first-order valence-electron chi connectivity index (χ1n) is 7.44. The van der Waals surface area contributed by atoms with Crippen molar-refractivity contribution in [3.8, 4) is 0 Å². The van der Waals surface area contributed by atoms with E-state index in [-0.39, 0.29) is 12.0 Å². The Balaban J connectivity index is 2.19. The summed E-state index contributed by atoms with van der Waals surface area (Å²) < 4.78 is 5.13. The summed E-state index contributed by atoms with van der Waals surface area (Å²) in [6.45, 7) is 5.98. The molecule has 3 N–H and O–H groups in total. The van der Waals surface area contributed by atoms with Gasteiger partial charge in [-0.1, -0.05) is 13.3 Å². The molecular weight excluding hydrogens is 242 g/mol. The van der Waals surface area contributed by atoms with Crippen LogP contribution in [0.15, 0.2) is 0 Å². The summed E-state index contributed by atoms with van der Waals surface area (Å²) in [5.74, 6) is 0.0595. The molecule has 1 amide bonds. The molecule has 1 aliphatic rings. The summed E-state index contributed by atoms with van der Waals surface area (Å²) in [5.41, 5.74) is 5.52. The maximum Gasteiger partial charge on any atom is 0.222 e. The summed E-state index contributed by atoms with van der Waals surface area (Å²) in [6.07, 6.45) is 4.82. The van der Waals surface area contributed by atoms with Crippen molar-refractivity contribution in [2.24, 2.45) is 5.73 Å². The molecule has 0 spiro atoms. The molecule has 1 fully saturated rings. The lowest BCUT2D eigenvalue weighted by Gasteiger charge is -2.32. The molecule has 1 unspecified atom stereocenters. The molecule has 1 aliphatic heterocycles. The van der Waals surface area contributed by atoms with Crippen molar-refractivity contribution in [3.05, 3.63) is 0 Å². The second kappa shape index (κ2) is 9.28. The van der Waals surface area contributed by atoms with Gasteiger partial charge in [-0.05, 0) is 25.8 Å². The number of hydrogen-bond donors (Lipinski definition) is 2. The van der Waals surface area contributed by atoms with E-state index in [4.69, 9.17) is 10.5 Å². The normalized spacial score (nSPS) is 19.3. The molecule has 112 valence electrons. The van der Waals surface area contributed by atoms with E-state index in [9.17, 15) is 4.79 Å². The first-order chi connectivity index (χ1) is 9.19. The third-order valence-corrected chi connectivity index (χ3v) is 3.79. The van der Waals surface area contributed by atoms with Crippen LogP contribution in [-0.4, -0.2) is 56.2 Å². The molecule has 5 nitrogen and oxygen atoms in total. The number of likely N-dealkylation sites (tertiary alicyclic amines) is 1. The highest BCUT2D eigenvalue weighted by atomic mass is 16.5. The quantitative estimate of drug-likeness (QED) is 0.683. The molecule has 1 atom stereocenters. The highest BCUT2D eigenvalue weighted by Crippen LogP contribution is 2.11. The largest absolute Gasteiger partial charge is 0.380 e. The number of amides is 1. The molecular formula is C14H29N3O2. The minimum Gasteiger partial charge on any atom is -0.380 e. The number of carbonyl (C=O) groups is 1. The lowest BCUT2D eigenvalue weighted by atomic mass is 10.0. The summed E-state index contributed by atoms with van der Waals surface area (Å²) >= 11 is 0. The Labute approximate surface area is 116 Å². The van der Waals surface area contributed by atoms with Crippen molar-refractivity contribution in [3.63, 3.8) is 0 Å². The van der Waals surface area contributed by atoms with E-state index in [1.807, 2.05) is 0 Å². The number of carbonyl (C=O) groups excluding carboxylic acids is 1. The van der Waals surface area contributed by atoms with Crippen LogP contribution in [0.1, 0.15) is 39.0 Å². The average Bonchev–Trinajstić information content (AvgIpc) is 2.44. The highest BCUT2D eigenvalue weighted by Gasteiger charge is 2.21. The van der Waals surface area contributed by atoms with Gasteiger partial charge >= 0.3 is 0 Å². The van der Waals surface area contributed by atoms with Crippen LogP contribution in [0.4, 0.5) is 0 Å². The topological polar surface area (TPSA) is 67.6 Å². The van der Waals surface area contributed by atoms with Crippen LogP contribution in [0.2, 0.25) is 0 Å². The number of piperidine rings is 1. The monoisotopic (exact) mass is 271 g/mol. The van der Waals surface area contributed by atoms with E-state index in [0.29, 0.717) is 19.0 Å². The first kappa shape index (κ1) is 16.4. The Bertz CT molecular complexity index is 249. The average molecular weight is 271 g/mol. The van der Waals surface area contributed by atoms with Gasteiger partial charge < -0.3 is 20.7 Å². The number of rotatable bonds is 8. The maximum atomic E-state index is 11.8. The second-order valence-corrected chi connectivity index (χ2v) is 5.33. The van der Waals surface area contributed by atoms with Crippen LogP contribution in [0, 0.1) is 0 Å². The van der Waals surface area contributed by atoms with Gasteiger partial charge in [0.05, 0.1) is 12.5 Å². The second-order valence-electron chi connectivity index (χ2n) is 5.33. The Morgan fingerprint density at radius 1 is 1.47 bits per heavy atom. The highest BCUT2D eigenvalue weighted by molar-refractivity contribution is 5.76. The fraction of sp³-hybridized carbons (Fsp3) is 0.929. The summed E-state index contributed by atoms with van der Waals surface area (Å²) in [7, 11) is 1.59. The summed E-state index contributed by atoms with van der Waals surface area (Å²) in [6, 6.07) is 0.320. The van der Waals surface area contributed by atoms with Crippen LogP contribution in [0.3, 0.4) is 0 Å². The zero-order chi connectivity index (χ0) is 14.1. The van der Waals surface area contributed by atoms with Crippen LogP contribution >= 0.6 is 0 Å². The fourth-order valence-corrected chi connectivity index (χ4v) is 2.44. The zero-order valence-electron chi connectivity index (χ0n) is 12.4. The Morgan fingerprint density at radius 2 is 2.16 bits per heavy atom. The number of unbranched alkanes of at least 4 members (excludes halogenated alkanes) is 1. The molecule has 0 aromatic rings. The maximum absolute atomic E-state index is 11.8. The summed E-state index contributed by atoms with van der Waals surface area (Å²) in [5, 5.41) is 3.09. The van der Waals surface area contributed by atoms with E-state index in [2.05, 4.69) is 17.1 Å². The molecule has 1 rings (SSSR count). The van der Waals surface area contributed by atoms with Crippen molar-refractivity contribution >= 4 is 5.91 Å². The van der Waals surface area contributed by atoms with E-state index < -0.39 is 0 Å². The van der Waals surface area contributed by atoms with E-state index in [1.165, 1.54) is 19.4 Å². The van der Waals surface area contributed by atoms with E-state index >= 15 is 0 Å². The van der Waals surface area contributed by atoms with Gasteiger partial charge in [-0.25, -0.2) is 0 Å². The minimum atomic E-state index is -0.162. The zero-order valence-corrected chi connectivity index (χ0v) is 12.4. The molecule has 0 bridgehead atoms. The lowest BCUT2D eigenvalue weighted by Crippen LogP contribution is -2.45. The van der Waals surface area contributed by atoms with Crippen molar-refractivity contribution in [2.75, 3.05) is 33.3 Å². The van der Waals surface area contributed by atoms with E-state index in [0.717, 1.165) is 25.9 Å². The van der Waals surface area contributed by atoms with Crippen LogP contribution < -0.4 is 11.1 Å².